The van der Waals surface area contributed by atoms with Crippen LogP contribution in [0.1, 0.15) is 39.7 Å². The van der Waals surface area contributed by atoms with Gasteiger partial charge in [-0.25, -0.2) is 0 Å². The zero-order valence-corrected chi connectivity index (χ0v) is 20.7. The quantitative estimate of drug-likeness (QED) is 0.205. The Labute approximate surface area is 193 Å². The lowest BCUT2D eigenvalue weighted by Gasteiger charge is -2.21. The molecule has 3 N–H and O–H groups in total. The van der Waals surface area contributed by atoms with E-state index in [1.165, 1.54) is 5.56 Å². The number of rotatable bonds is 9. The van der Waals surface area contributed by atoms with Crippen molar-refractivity contribution in [3.8, 4) is 0 Å². The second-order valence-corrected chi connectivity index (χ2v) is 8.47. The molecule has 1 atom stereocenters. The van der Waals surface area contributed by atoms with Gasteiger partial charge < -0.3 is 20.9 Å². The summed E-state index contributed by atoms with van der Waals surface area (Å²) >= 11 is 0. The van der Waals surface area contributed by atoms with Gasteiger partial charge in [0.25, 0.3) is 0 Å². The number of nitrogens with one attached hydrogen (secondary N) is 3. The molecule has 0 aliphatic carbocycles. The van der Waals surface area contributed by atoms with Gasteiger partial charge in [-0.3, -0.25) is 9.79 Å². The van der Waals surface area contributed by atoms with Crippen LogP contribution >= 0.6 is 24.0 Å². The van der Waals surface area contributed by atoms with Crippen LogP contribution in [0.3, 0.4) is 0 Å². The molecule has 1 aliphatic heterocycles. The Hall–Kier alpha value is -1.35. The fourth-order valence-corrected chi connectivity index (χ4v) is 3.28. The topological polar surface area (TPSA) is 68.8 Å². The molecule has 1 aromatic carbocycles. The van der Waals surface area contributed by atoms with Crippen molar-refractivity contribution in [1.82, 2.24) is 20.9 Å². The largest absolute Gasteiger partial charge is 0.357 e. The smallest absolute Gasteiger partial charge is 0.223 e. The standard InChI is InChI=1S/C22H37N5O.HI/c1-5-23-21(24-12-13-26-22(2,3)4)25-16-19-15-20(28)27(17-19)14-11-18-9-7-6-8-10-18;/h6-10,19,26H,5,11-17H2,1-4H3,(H2,23,24,25);1H. The van der Waals surface area contributed by atoms with Crippen molar-refractivity contribution in [1.29, 1.82) is 0 Å². The van der Waals surface area contributed by atoms with Crippen LogP contribution < -0.4 is 16.0 Å². The van der Waals surface area contributed by atoms with Gasteiger partial charge in [-0.2, -0.15) is 0 Å². The van der Waals surface area contributed by atoms with Gasteiger partial charge in [0.1, 0.15) is 0 Å². The molecular formula is C22H38IN5O. The molecular weight excluding hydrogens is 477 g/mol. The summed E-state index contributed by atoms with van der Waals surface area (Å²) < 4.78 is 0. The first-order chi connectivity index (χ1) is 13.4. The number of carbonyl (C=O) groups is 1. The number of likely N-dealkylation sites (tertiary alicyclic amines) is 1. The van der Waals surface area contributed by atoms with Gasteiger partial charge >= 0.3 is 0 Å². The summed E-state index contributed by atoms with van der Waals surface area (Å²) in [7, 11) is 0. The number of carbonyl (C=O) groups excluding carboxylic acids is 1. The lowest BCUT2D eigenvalue weighted by Crippen LogP contribution is -2.44. The third kappa shape index (κ3) is 10.3. The number of guanidine groups is 1. The molecule has 0 bridgehead atoms. The van der Waals surface area contributed by atoms with E-state index in [1.54, 1.807) is 0 Å². The van der Waals surface area contributed by atoms with Gasteiger partial charge in [0.05, 0.1) is 0 Å². The van der Waals surface area contributed by atoms with Crippen molar-refractivity contribution in [3.63, 3.8) is 0 Å². The minimum absolute atomic E-state index is 0. The monoisotopic (exact) mass is 515 g/mol. The molecule has 164 valence electrons. The molecule has 1 heterocycles. The van der Waals surface area contributed by atoms with Crippen molar-refractivity contribution in [2.45, 2.75) is 46.1 Å². The van der Waals surface area contributed by atoms with Gasteiger partial charge in [0.2, 0.25) is 5.91 Å². The summed E-state index contributed by atoms with van der Waals surface area (Å²) in [5.74, 6) is 1.38. The van der Waals surface area contributed by atoms with Crippen molar-refractivity contribution in [2.24, 2.45) is 10.9 Å². The zero-order valence-electron chi connectivity index (χ0n) is 18.3. The molecule has 7 heteroatoms. The molecule has 1 aliphatic rings. The highest BCUT2D eigenvalue weighted by molar-refractivity contribution is 14.0. The highest BCUT2D eigenvalue weighted by Crippen LogP contribution is 2.18. The third-order valence-corrected chi connectivity index (χ3v) is 4.73. The average molecular weight is 515 g/mol. The highest BCUT2D eigenvalue weighted by atomic mass is 127. The Kier molecular flexibility index (Phi) is 11.6. The normalized spacial score (nSPS) is 17.2. The number of halogens is 1. The molecule has 1 amide bonds. The summed E-state index contributed by atoms with van der Waals surface area (Å²) in [6, 6.07) is 10.3. The van der Waals surface area contributed by atoms with Gasteiger partial charge in [0, 0.05) is 57.1 Å². The molecule has 0 radical (unpaired) electrons. The highest BCUT2D eigenvalue weighted by Gasteiger charge is 2.29. The van der Waals surface area contributed by atoms with Crippen LogP contribution in [0.25, 0.3) is 0 Å². The molecule has 2 rings (SSSR count). The number of benzene rings is 1. The van der Waals surface area contributed by atoms with Crippen LogP contribution in [-0.2, 0) is 11.2 Å². The third-order valence-electron chi connectivity index (χ3n) is 4.73. The van der Waals surface area contributed by atoms with E-state index < -0.39 is 0 Å². The molecule has 6 nitrogen and oxygen atoms in total. The number of hydrogen-bond acceptors (Lipinski definition) is 3. The molecule has 1 unspecified atom stereocenters. The Morgan fingerprint density at radius 3 is 2.55 bits per heavy atom. The van der Waals surface area contributed by atoms with Crippen molar-refractivity contribution in [3.05, 3.63) is 35.9 Å². The summed E-state index contributed by atoms with van der Waals surface area (Å²) in [6.07, 6.45) is 1.51. The predicted octanol–water partition coefficient (Wildman–Crippen LogP) is 2.64. The first-order valence-corrected chi connectivity index (χ1v) is 10.5. The average Bonchev–Trinajstić information content (AvgIpc) is 3.01. The van der Waals surface area contributed by atoms with E-state index in [-0.39, 0.29) is 35.4 Å². The van der Waals surface area contributed by atoms with Crippen LogP contribution in [0.2, 0.25) is 0 Å². The second-order valence-electron chi connectivity index (χ2n) is 8.47. The Bertz CT molecular complexity index is 630. The van der Waals surface area contributed by atoms with E-state index >= 15 is 0 Å². The number of amides is 1. The lowest BCUT2D eigenvalue weighted by atomic mass is 10.1. The summed E-state index contributed by atoms with van der Waals surface area (Å²) in [6.45, 7) is 13.3. The van der Waals surface area contributed by atoms with Crippen molar-refractivity contribution >= 4 is 35.8 Å². The first kappa shape index (κ1) is 25.7. The van der Waals surface area contributed by atoms with Crippen LogP contribution in [-0.4, -0.2) is 61.6 Å². The van der Waals surface area contributed by atoms with E-state index in [1.807, 2.05) is 23.1 Å². The van der Waals surface area contributed by atoms with E-state index in [9.17, 15) is 4.79 Å². The molecule has 29 heavy (non-hydrogen) atoms. The lowest BCUT2D eigenvalue weighted by molar-refractivity contribution is -0.127. The second kappa shape index (κ2) is 13.1. The first-order valence-electron chi connectivity index (χ1n) is 10.5. The van der Waals surface area contributed by atoms with Crippen LogP contribution in [0.15, 0.2) is 35.3 Å². The SMILES string of the molecule is CCNC(=NCC1CC(=O)N(CCc2ccccc2)C1)NCCNC(C)(C)C.I. The Balaban J connectivity index is 0.00000420. The summed E-state index contributed by atoms with van der Waals surface area (Å²) in [5, 5.41) is 10.1. The predicted molar refractivity (Wildman–Crippen MR) is 132 cm³/mol. The summed E-state index contributed by atoms with van der Waals surface area (Å²) in [4.78, 5) is 19.0. The molecule has 0 spiro atoms. The number of aliphatic imine (C=N–C) groups is 1. The van der Waals surface area contributed by atoms with E-state index in [2.05, 4.69) is 55.8 Å². The molecule has 1 aromatic rings. The fraction of sp³-hybridized carbons (Fsp3) is 0.636. The maximum Gasteiger partial charge on any atom is 0.223 e. The van der Waals surface area contributed by atoms with E-state index in [0.29, 0.717) is 18.9 Å². The minimum Gasteiger partial charge on any atom is -0.357 e. The summed E-state index contributed by atoms with van der Waals surface area (Å²) in [5.41, 5.74) is 1.39. The molecule has 1 fully saturated rings. The molecule has 0 aromatic heterocycles. The Morgan fingerprint density at radius 1 is 1.17 bits per heavy atom. The maximum atomic E-state index is 12.3. The van der Waals surface area contributed by atoms with Crippen molar-refractivity contribution in [2.75, 3.05) is 39.3 Å². The van der Waals surface area contributed by atoms with Gasteiger partial charge in [-0.15, -0.1) is 24.0 Å². The van der Waals surface area contributed by atoms with Crippen LogP contribution in [0.4, 0.5) is 0 Å². The Morgan fingerprint density at radius 2 is 1.90 bits per heavy atom. The number of hydrogen-bond donors (Lipinski definition) is 3. The van der Waals surface area contributed by atoms with Gasteiger partial charge in [-0.1, -0.05) is 30.3 Å². The maximum absolute atomic E-state index is 12.3. The van der Waals surface area contributed by atoms with Crippen LogP contribution in [0, 0.1) is 5.92 Å². The number of nitrogens with zero attached hydrogens (tertiary/aromatic N) is 2. The fourth-order valence-electron chi connectivity index (χ4n) is 3.28. The van der Waals surface area contributed by atoms with Crippen LogP contribution in [0.5, 0.6) is 0 Å². The molecule has 0 saturated carbocycles. The zero-order chi connectivity index (χ0) is 20.4. The van der Waals surface area contributed by atoms with Crippen molar-refractivity contribution < 1.29 is 4.79 Å². The molecule has 1 saturated heterocycles. The van der Waals surface area contributed by atoms with Gasteiger partial charge in [0.15, 0.2) is 5.96 Å². The van der Waals surface area contributed by atoms with Gasteiger partial charge in [-0.05, 0) is 39.7 Å². The van der Waals surface area contributed by atoms with E-state index in [0.717, 1.165) is 45.1 Å². The minimum atomic E-state index is 0. The van der Waals surface area contributed by atoms with E-state index in [4.69, 9.17) is 4.99 Å².